The predicted molar refractivity (Wildman–Crippen MR) is 122 cm³/mol. The Labute approximate surface area is 180 Å². The van der Waals surface area contributed by atoms with Crippen LogP contribution in [-0.2, 0) is 0 Å². The van der Waals surface area contributed by atoms with Crippen LogP contribution in [0.2, 0.25) is 0 Å². The molecule has 0 saturated heterocycles. The van der Waals surface area contributed by atoms with E-state index in [1.165, 1.54) is 44.9 Å². The van der Waals surface area contributed by atoms with Gasteiger partial charge in [-0.3, -0.25) is 0 Å². The van der Waals surface area contributed by atoms with Gasteiger partial charge in [0.25, 0.3) is 0 Å². The normalized spacial score (nSPS) is 46.5. The number of aliphatic hydroxyl groups excluding tert-OH is 1. The third-order valence-corrected chi connectivity index (χ3v) is 10.5. The van der Waals surface area contributed by atoms with Gasteiger partial charge < -0.3 is 10.8 Å². The third kappa shape index (κ3) is 3.65. The number of hydrogen-bond donors (Lipinski definition) is 2. The Balaban J connectivity index is 1.51. The van der Waals surface area contributed by atoms with Gasteiger partial charge in [-0.05, 0) is 111 Å². The number of hydrogen-bond acceptors (Lipinski definition) is 2. The molecule has 9 atom stereocenters. The van der Waals surface area contributed by atoms with Crippen molar-refractivity contribution in [2.75, 3.05) is 0 Å². The summed E-state index contributed by atoms with van der Waals surface area (Å²) in [5, 5.41) is 11.0. The Kier molecular flexibility index (Phi) is 6.01. The summed E-state index contributed by atoms with van der Waals surface area (Å²) >= 11 is 0. The van der Waals surface area contributed by atoms with E-state index in [1.807, 2.05) is 0 Å². The van der Waals surface area contributed by atoms with Crippen LogP contribution in [0.25, 0.3) is 0 Å². The molecule has 166 valence electrons. The molecule has 2 heteroatoms. The van der Waals surface area contributed by atoms with Gasteiger partial charge in [-0.15, -0.1) is 0 Å². The van der Waals surface area contributed by atoms with E-state index in [-0.39, 0.29) is 6.10 Å². The maximum atomic E-state index is 11.0. The van der Waals surface area contributed by atoms with Crippen LogP contribution in [0.3, 0.4) is 0 Å². The molecule has 0 bridgehead atoms. The summed E-state index contributed by atoms with van der Waals surface area (Å²) in [6.45, 7) is 12.1. The molecule has 0 aromatic carbocycles. The molecule has 2 nitrogen and oxygen atoms in total. The van der Waals surface area contributed by atoms with Gasteiger partial charge in [0, 0.05) is 6.04 Å². The molecule has 0 spiro atoms. The fourth-order valence-electron chi connectivity index (χ4n) is 8.63. The second-order valence-corrected chi connectivity index (χ2v) is 12.4. The highest BCUT2D eigenvalue weighted by molar-refractivity contribution is 5.25. The van der Waals surface area contributed by atoms with Crippen LogP contribution in [0.5, 0.6) is 0 Å². The molecule has 29 heavy (non-hydrogen) atoms. The molecule has 0 radical (unpaired) electrons. The van der Waals surface area contributed by atoms with Gasteiger partial charge in [0.2, 0.25) is 0 Å². The predicted octanol–water partition coefficient (Wildman–Crippen LogP) is 6.33. The average molecular weight is 402 g/mol. The molecule has 0 amide bonds. The van der Waals surface area contributed by atoms with Gasteiger partial charge >= 0.3 is 0 Å². The Morgan fingerprint density at radius 2 is 1.79 bits per heavy atom. The molecule has 4 rings (SSSR count). The number of nitrogens with two attached hydrogens (primary N) is 1. The van der Waals surface area contributed by atoms with Crippen molar-refractivity contribution in [1.82, 2.24) is 0 Å². The number of fused-ring (bicyclic) bond motifs is 5. The summed E-state index contributed by atoms with van der Waals surface area (Å²) in [5.41, 5.74) is 8.89. The van der Waals surface area contributed by atoms with E-state index < -0.39 is 0 Å². The number of rotatable bonds is 5. The van der Waals surface area contributed by atoms with Gasteiger partial charge in [0.15, 0.2) is 0 Å². The van der Waals surface area contributed by atoms with Crippen molar-refractivity contribution < 1.29 is 5.11 Å². The van der Waals surface area contributed by atoms with Crippen LogP contribution in [0, 0.1) is 46.3 Å². The zero-order valence-corrected chi connectivity index (χ0v) is 19.8. The van der Waals surface area contributed by atoms with E-state index in [2.05, 4.69) is 40.7 Å². The summed E-state index contributed by atoms with van der Waals surface area (Å²) in [7, 11) is 0. The minimum absolute atomic E-state index is 0.120. The second kappa shape index (κ2) is 7.97. The zero-order chi connectivity index (χ0) is 21.0. The van der Waals surface area contributed by atoms with Crippen LogP contribution in [0.15, 0.2) is 11.6 Å². The van der Waals surface area contributed by atoms with E-state index in [0.717, 1.165) is 37.0 Å². The van der Waals surface area contributed by atoms with E-state index in [0.29, 0.717) is 34.6 Å². The van der Waals surface area contributed by atoms with E-state index in [1.54, 1.807) is 5.57 Å². The maximum Gasteiger partial charge on any atom is 0.0568 e. The fraction of sp³-hybridized carbons (Fsp3) is 0.926. The SMILES string of the molecule is CC(C)CC[C@H](O)[C@@H](C)[C@H]1CC[C@H]2[C@@H]3CC=C4C[C@@H](N)CC[C@]4(C)[C@H]3CC[C@]12C. The first-order valence-electron chi connectivity index (χ1n) is 12.8. The lowest BCUT2D eigenvalue weighted by Gasteiger charge is -2.58. The smallest absolute Gasteiger partial charge is 0.0568 e. The summed E-state index contributed by atoms with van der Waals surface area (Å²) in [6, 6.07) is 0.392. The third-order valence-electron chi connectivity index (χ3n) is 10.5. The number of aliphatic hydroxyl groups is 1. The van der Waals surface area contributed by atoms with Crippen LogP contribution in [0.1, 0.15) is 98.8 Å². The minimum Gasteiger partial charge on any atom is -0.393 e. The van der Waals surface area contributed by atoms with Crippen LogP contribution >= 0.6 is 0 Å². The van der Waals surface area contributed by atoms with E-state index >= 15 is 0 Å². The quantitative estimate of drug-likeness (QED) is 0.529. The van der Waals surface area contributed by atoms with Crippen molar-refractivity contribution in [3.8, 4) is 0 Å². The molecule has 0 aromatic rings. The average Bonchev–Trinajstić information content (AvgIpc) is 3.03. The van der Waals surface area contributed by atoms with E-state index in [9.17, 15) is 5.11 Å². The Morgan fingerprint density at radius 1 is 1.03 bits per heavy atom. The molecule has 0 heterocycles. The standard InChI is InChI=1S/C27H47NO/c1-17(2)6-11-25(29)18(3)22-9-10-23-21-8-7-19-16-20(28)12-14-26(19,4)24(21)13-15-27(22,23)5/h7,17-18,20-25,29H,6,8-16,28H2,1-5H3/t18-,20-,21-,22+,23-,24-,25-,26-,27+/m0/s1. The summed E-state index contributed by atoms with van der Waals surface area (Å²) in [5.74, 6) is 4.42. The largest absolute Gasteiger partial charge is 0.393 e. The number of allylic oxidation sites excluding steroid dienone is 1. The first-order chi connectivity index (χ1) is 13.7. The van der Waals surface area contributed by atoms with E-state index in [4.69, 9.17) is 5.73 Å². The summed E-state index contributed by atoms with van der Waals surface area (Å²) in [6.07, 6.45) is 15.1. The van der Waals surface area contributed by atoms with Gasteiger partial charge in [-0.2, -0.15) is 0 Å². The molecular formula is C27H47NO. The van der Waals surface area contributed by atoms with Crippen molar-refractivity contribution in [1.29, 1.82) is 0 Å². The van der Waals surface area contributed by atoms with Crippen LogP contribution < -0.4 is 5.73 Å². The Hall–Kier alpha value is -0.340. The molecule has 4 aliphatic rings. The fourth-order valence-corrected chi connectivity index (χ4v) is 8.63. The van der Waals surface area contributed by atoms with Crippen LogP contribution in [0.4, 0.5) is 0 Å². The Bertz CT molecular complexity index is 626. The summed E-state index contributed by atoms with van der Waals surface area (Å²) < 4.78 is 0. The first kappa shape index (κ1) is 21.9. The lowest BCUT2D eigenvalue weighted by atomic mass is 9.47. The topological polar surface area (TPSA) is 46.2 Å². The van der Waals surface area contributed by atoms with Crippen molar-refractivity contribution in [2.45, 2.75) is 111 Å². The monoisotopic (exact) mass is 401 g/mol. The van der Waals surface area contributed by atoms with Gasteiger partial charge in [-0.1, -0.05) is 46.3 Å². The van der Waals surface area contributed by atoms with Gasteiger partial charge in [0.05, 0.1) is 6.10 Å². The zero-order valence-electron chi connectivity index (χ0n) is 19.8. The molecule has 4 aliphatic carbocycles. The highest BCUT2D eigenvalue weighted by Gasteiger charge is 2.59. The van der Waals surface area contributed by atoms with Crippen LogP contribution in [-0.4, -0.2) is 17.3 Å². The summed E-state index contributed by atoms with van der Waals surface area (Å²) in [4.78, 5) is 0. The lowest BCUT2D eigenvalue weighted by molar-refractivity contribution is -0.0635. The Morgan fingerprint density at radius 3 is 2.52 bits per heavy atom. The maximum absolute atomic E-state index is 11.0. The molecular weight excluding hydrogens is 354 g/mol. The molecule has 3 saturated carbocycles. The van der Waals surface area contributed by atoms with Gasteiger partial charge in [-0.25, -0.2) is 0 Å². The molecule has 0 aromatic heterocycles. The molecule has 0 aliphatic heterocycles. The first-order valence-corrected chi connectivity index (χ1v) is 12.8. The van der Waals surface area contributed by atoms with Crippen molar-refractivity contribution in [2.24, 2.45) is 52.1 Å². The van der Waals surface area contributed by atoms with Crippen molar-refractivity contribution in [3.05, 3.63) is 11.6 Å². The van der Waals surface area contributed by atoms with Crippen molar-refractivity contribution in [3.63, 3.8) is 0 Å². The highest BCUT2D eigenvalue weighted by Crippen LogP contribution is 2.67. The van der Waals surface area contributed by atoms with Crippen molar-refractivity contribution >= 4 is 0 Å². The molecule has 3 fully saturated rings. The molecule has 3 N–H and O–H groups in total. The lowest BCUT2D eigenvalue weighted by Crippen LogP contribution is -2.51. The highest BCUT2D eigenvalue weighted by atomic mass is 16.3. The minimum atomic E-state index is -0.120. The van der Waals surface area contributed by atoms with Gasteiger partial charge in [0.1, 0.15) is 0 Å². The molecule has 0 unspecified atom stereocenters. The second-order valence-electron chi connectivity index (χ2n) is 12.4.